The van der Waals surface area contributed by atoms with Crippen molar-refractivity contribution >= 4 is 38.9 Å². The molecule has 1 fully saturated rings. The van der Waals surface area contributed by atoms with Crippen LogP contribution in [0.15, 0.2) is 30.3 Å². The molecule has 0 aliphatic carbocycles. The molecule has 1 aliphatic rings. The number of anilines is 2. The minimum absolute atomic E-state index is 0.0989. The summed E-state index contributed by atoms with van der Waals surface area (Å²) < 4.78 is 66.6. The van der Waals surface area contributed by atoms with E-state index in [1.54, 1.807) is 6.92 Å². The van der Waals surface area contributed by atoms with Crippen molar-refractivity contribution in [3.05, 3.63) is 53.0 Å². The second kappa shape index (κ2) is 10.7. The fourth-order valence-electron chi connectivity index (χ4n) is 4.07. The summed E-state index contributed by atoms with van der Waals surface area (Å²) in [5, 5.41) is -3.59. The predicted molar refractivity (Wildman–Crippen MR) is 131 cm³/mol. The van der Waals surface area contributed by atoms with Crippen LogP contribution < -0.4 is 9.62 Å². The van der Waals surface area contributed by atoms with Crippen molar-refractivity contribution in [3.8, 4) is 0 Å². The van der Waals surface area contributed by atoms with Crippen molar-refractivity contribution in [1.29, 1.82) is 0 Å². The number of ketones is 1. The third-order valence-electron chi connectivity index (χ3n) is 6.24. The van der Waals surface area contributed by atoms with Gasteiger partial charge in [0.05, 0.1) is 11.9 Å². The monoisotopic (exact) mass is 531 g/mol. The highest BCUT2D eigenvalue weighted by atomic mass is 35.5. The molecule has 0 saturated carbocycles. The summed E-state index contributed by atoms with van der Waals surface area (Å²) in [5.41, 5.74) is 0.351. The first-order chi connectivity index (χ1) is 16.2. The second-order valence-electron chi connectivity index (χ2n) is 9.15. The molecule has 0 amide bonds. The van der Waals surface area contributed by atoms with E-state index in [9.17, 15) is 26.4 Å². The molecule has 2 heterocycles. The lowest BCUT2D eigenvalue weighted by molar-refractivity contribution is -0.120. The normalized spacial score (nSPS) is 16.3. The standard InChI is InChI=1S/C24H29ClF3N3O3S/c1-15-10-12-31(13-11-15)23-17(6-9-22(29-23)24(25,27)28)5-8-21(32)16(2)18-4-7-20(19(26)14-18)30-35(3,33)34/h4,6-7,9,14-16,30H,5,8,10-13H2,1-3H3. The lowest BCUT2D eigenvalue weighted by Crippen LogP contribution is -2.34. The van der Waals surface area contributed by atoms with E-state index in [-0.39, 0.29) is 24.3 Å². The second-order valence-corrected chi connectivity index (χ2v) is 11.4. The highest BCUT2D eigenvalue weighted by molar-refractivity contribution is 7.92. The molecule has 1 aromatic heterocycles. The van der Waals surface area contributed by atoms with Crippen LogP contribution in [0, 0.1) is 11.7 Å². The molecular formula is C24H29ClF3N3O3S. The third-order valence-corrected chi connectivity index (χ3v) is 7.03. The summed E-state index contributed by atoms with van der Waals surface area (Å²) in [5.74, 6) is -0.642. The number of alkyl halides is 3. The zero-order chi connectivity index (χ0) is 26.0. The fourth-order valence-corrected chi connectivity index (χ4v) is 4.74. The van der Waals surface area contributed by atoms with E-state index < -0.39 is 32.8 Å². The Morgan fingerprint density at radius 1 is 1.26 bits per heavy atom. The molecule has 1 unspecified atom stereocenters. The number of sulfonamides is 1. The number of Topliss-reactive ketones (excluding diaryl/α,β-unsaturated/α-hetero) is 1. The van der Waals surface area contributed by atoms with Gasteiger partial charge in [0.2, 0.25) is 10.0 Å². The van der Waals surface area contributed by atoms with Crippen LogP contribution in [0.4, 0.5) is 24.7 Å². The van der Waals surface area contributed by atoms with Crippen molar-refractivity contribution in [3.63, 3.8) is 0 Å². The summed E-state index contributed by atoms with van der Waals surface area (Å²) in [6.07, 6.45) is 3.12. The fraction of sp³-hybridized carbons (Fsp3) is 0.500. The van der Waals surface area contributed by atoms with Gasteiger partial charge in [0.1, 0.15) is 23.1 Å². The zero-order valence-electron chi connectivity index (χ0n) is 19.8. The Labute approximate surface area is 208 Å². The molecule has 192 valence electrons. The number of nitrogens with one attached hydrogen (secondary N) is 1. The first-order valence-electron chi connectivity index (χ1n) is 11.4. The molecule has 3 rings (SSSR count). The molecule has 1 saturated heterocycles. The number of aryl methyl sites for hydroxylation is 1. The SMILES string of the molecule is CC1CCN(c2nc(C(F)(F)Cl)ccc2CCC(=O)C(C)c2ccc(NS(C)(=O)=O)c(F)c2)CC1. The first kappa shape index (κ1) is 27.3. The van der Waals surface area contributed by atoms with Gasteiger partial charge in [-0.1, -0.05) is 26.0 Å². The van der Waals surface area contributed by atoms with Gasteiger partial charge < -0.3 is 4.90 Å². The summed E-state index contributed by atoms with van der Waals surface area (Å²) in [6.45, 7) is 5.14. The molecular weight excluding hydrogens is 503 g/mol. The van der Waals surface area contributed by atoms with E-state index in [0.717, 1.165) is 25.2 Å². The molecule has 1 atom stereocenters. The Morgan fingerprint density at radius 3 is 2.49 bits per heavy atom. The highest BCUT2D eigenvalue weighted by Gasteiger charge is 2.32. The number of aromatic nitrogens is 1. The molecule has 0 radical (unpaired) electrons. The number of hydrogen-bond donors (Lipinski definition) is 1. The summed E-state index contributed by atoms with van der Waals surface area (Å²) in [6, 6.07) is 6.62. The van der Waals surface area contributed by atoms with Gasteiger partial charge in [-0.3, -0.25) is 9.52 Å². The average Bonchev–Trinajstić information content (AvgIpc) is 2.77. The number of nitrogens with zero attached hydrogens (tertiary/aromatic N) is 2. The maximum Gasteiger partial charge on any atom is 0.364 e. The van der Waals surface area contributed by atoms with Crippen molar-refractivity contribution in [2.75, 3.05) is 29.0 Å². The van der Waals surface area contributed by atoms with Crippen molar-refractivity contribution in [2.24, 2.45) is 5.92 Å². The Morgan fingerprint density at radius 2 is 1.91 bits per heavy atom. The number of piperidine rings is 1. The largest absolute Gasteiger partial charge is 0.364 e. The minimum atomic E-state index is -3.64. The Hall–Kier alpha value is -2.33. The summed E-state index contributed by atoms with van der Waals surface area (Å²) >= 11 is 5.20. The van der Waals surface area contributed by atoms with Crippen LogP contribution in [0.5, 0.6) is 0 Å². The lowest BCUT2D eigenvalue weighted by Gasteiger charge is -2.33. The lowest BCUT2D eigenvalue weighted by atomic mass is 9.92. The number of carbonyl (C=O) groups excluding carboxylic acids is 1. The van der Waals surface area contributed by atoms with Crippen LogP contribution in [0.3, 0.4) is 0 Å². The van der Waals surface area contributed by atoms with Crippen LogP contribution in [0.25, 0.3) is 0 Å². The van der Waals surface area contributed by atoms with Crippen molar-refractivity contribution < 1.29 is 26.4 Å². The Kier molecular flexibility index (Phi) is 8.36. The van der Waals surface area contributed by atoms with Gasteiger partial charge in [-0.2, -0.15) is 8.78 Å². The number of halogens is 4. The molecule has 1 N–H and O–H groups in total. The van der Waals surface area contributed by atoms with E-state index in [4.69, 9.17) is 11.6 Å². The molecule has 6 nitrogen and oxygen atoms in total. The number of hydrogen-bond acceptors (Lipinski definition) is 5. The zero-order valence-corrected chi connectivity index (χ0v) is 21.4. The van der Waals surface area contributed by atoms with Crippen LogP contribution in [-0.4, -0.2) is 38.5 Å². The number of benzene rings is 1. The topological polar surface area (TPSA) is 79.4 Å². The average molecular weight is 532 g/mol. The predicted octanol–water partition coefficient (Wildman–Crippen LogP) is 5.42. The van der Waals surface area contributed by atoms with Gasteiger partial charge in [0.25, 0.3) is 0 Å². The molecule has 2 aromatic rings. The van der Waals surface area contributed by atoms with Gasteiger partial charge >= 0.3 is 5.38 Å². The molecule has 35 heavy (non-hydrogen) atoms. The molecule has 0 spiro atoms. The highest BCUT2D eigenvalue weighted by Crippen LogP contribution is 2.34. The quantitative estimate of drug-likeness (QED) is 0.437. The Balaban J connectivity index is 1.75. The van der Waals surface area contributed by atoms with Gasteiger partial charge in [0, 0.05) is 25.4 Å². The van der Waals surface area contributed by atoms with E-state index in [2.05, 4.69) is 16.6 Å². The summed E-state index contributed by atoms with van der Waals surface area (Å²) in [7, 11) is -3.64. The molecule has 0 bridgehead atoms. The van der Waals surface area contributed by atoms with Crippen LogP contribution in [0.1, 0.15) is 55.8 Å². The maximum atomic E-state index is 14.4. The van der Waals surface area contributed by atoms with Gasteiger partial charge in [0.15, 0.2) is 0 Å². The van der Waals surface area contributed by atoms with E-state index in [1.807, 2.05) is 4.90 Å². The smallest absolute Gasteiger partial charge is 0.356 e. The molecule has 1 aliphatic heterocycles. The van der Waals surface area contributed by atoms with E-state index >= 15 is 0 Å². The van der Waals surface area contributed by atoms with Crippen molar-refractivity contribution in [1.82, 2.24) is 4.98 Å². The number of rotatable bonds is 9. The number of carbonyl (C=O) groups is 1. The number of pyridine rings is 1. The maximum absolute atomic E-state index is 14.4. The van der Waals surface area contributed by atoms with Gasteiger partial charge in [-0.25, -0.2) is 17.8 Å². The Bertz CT molecular complexity index is 1180. The van der Waals surface area contributed by atoms with E-state index in [1.165, 1.54) is 24.3 Å². The molecule has 11 heteroatoms. The van der Waals surface area contributed by atoms with E-state index in [0.29, 0.717) is 36.0 Å². The summed E-state index contributed by atoms with van der Waals surface area (Å²) in [4.78, 5) is 19.0. The van der Waals surface area contributed by atoms with Crippen LogP contribution in [0.2, 0.25) is 0 Å². The third kappa shape index (κ3) is 7.33. The van der Waals surface area contributed by atoms with Crippen LogP contribution >= 0.6 is 11.6 Å². The molecule has 1 aromatic carbocycles. The van der Waals surface area contributed by atoms with Gasteiger partial charge in [-0.15, -0.1) is 0 Å². The van der Waals surface area contributed by atoms with Crippen LogP contribution in [-0.2, 0) is 26.6 Å². The minimum Gasteiger partial charge on any atom is -0.356 e. The van der Waals surface area contributed by atoms with Crippen molar-refractivity contribution in [2.45, 2.75) is 50.8 Å². The van der Waals surface area contributed by atoms with Gasteiger partial charge in [-0.05, 0) is 66.1 Å². The first-order valence-corrected chi connectivity index (χ1v) is 13.6.